The van der Waals surface area contributed by atoms with Crippen molar-refractivity contribution in [3.8, 4) is 5.88 Å². The fourth-order valence-corrected chi connectivity index (χ4v) is 1.46. The zero-order valence-corrected chi connectivity index (χ0v) is 9.65. The Hall–Kier alpha value is -0.960. The normalized spacial score (nSPS) is 12.0. The number of pyridine rings is 1. The maximum absolute atomic E-state index is 12.4. The quantitative estimate of drug-likeness (QED) is 0.870. The summed E-state index contributed by atoms with van der Waals surface area (Å²) in [6.45, 7) is -0.225. The van der Waals surface area contributed by atoms with Gasteiger partial charge < -0.3 is 10.5 Å². The van der Waals surface area contributed by atoms with Crippen LogP contribution in [0.3, 0.4) is 0 Å². The Morgan fingerprint density at radius 2 is 2.00 bits per heavy atom. The van der Waals surface area contributed by atoms with Crippen molar-refractivity contribution in [1.82, 2.24) is 4.98 Å². The van der Waals surface area contributed by atoms with Gasteiger partial charge in [-0.1, -0.05) is 0 Å². The lowest BCUT2D eigenvalue weighted by atomic mass is 10.2. The first-order valence-corrected chi connectivity index (χ1v) is 4.97. The minimum atomic E-state index is -5.01. The van der Waals surface area contributed by atoms with Crippen LogP contribution in [0.2, 0.25) is 0 Å². The maximum Gasteiger partial charge on any atom is 0.574 e. The SMILES string of the molecule is NCc1cc(C(F)F)nc(OC(F)(F)F)c1Br. The van der Waals surface area contributed by atoms with Gasteiger partial charge in [-0.15, -0.1) is 13.2 Å². The first-order valence-electron chi connectivity index (χ1n) is 4.18. The molecule has 1 rings (SSSR count). The lowest BCUT2D eigenvalue weighted by Gasteiger charge is -2.13. The van der Waals surface area contributed by atoms with Gasteiger partial charge in [-0.3, -0.25) is 0 Å². The van der Waals surface area contributed by atoms with Gasteiger partial charge in [0.2, 0.25) is 5.88 Å². The molecule has 0 spiro atoms. The van der Waals surface area contributed by atoms with Crippen molar-refractivity contribution in [2.24, 2.45) is 5.73 Å². The lowest BCUT2D eigenvalue weighted by Crippen LogP contribution is -2.19. The molecule has 1 aromatic heterocycles. The Morgan fingerprint density at radius 1 is 1.41 bits per heavy atom. The third kappa shape index (κ3) is 3.77. The van der Waals surface area contributed by atoms with Crippen LogP contribution in [0, 0.1) is 0 Å². The summed E-state index contributed by atoms with van der Waals surface area (Å²) in [5.41, 5.74) is 4.44. The molecule has 9 heteroatoms. The Bertz CT molecular complexity index is 410. The predicted molar refractivity (Wildman–Crippen MR) is 51.5 cm³/mol. The average molecular weight is 321 g/mol. The van der Waals surface area contributed by atoms with Gasteiger partial charge in [0.25, 0.3) is 6.43 Å². The number of halogens is 6. The van der Waals surface area contributed by atoms with Gasteiger partial charge in [0.05, 0.1) is 4.47 Å². The number of alkyl halides is 5. The molecule has 3 nitrogen and oxygen atoms in total. The Labute approximate surface area is 101 Å². The highest BCUT2D eigenvalue weighted by Crippen LogP contribution is 2.33. The van der Waals surface area contributed by atoms with Gasteiger partial charge in [-0.05, 0) is 27.6 Å². The average Bonchev–Trinajstić information content (AvgIpc) is 2.18. The Morgan fingerprint density at radius 3 is 2.41 bits per heavy atom. The van der Waals surface area contributed by atoms with E-state index in [4.69, 9.17) is 5.73 Å². The van der Waals surface area contributed by atoms with E-state index in [0.717, 1.165) is 6.07 Å². The summed E-state index contributed by atoms with van der Waals surface area (Å²) >= 11 is 2.76. The van der Waals surface area contributed by atoms with Crippen molar-refractivity contribution >= 4 is 15.9 Å². The molecule has 0 aliphatic rings. The van der Waals surface area contributed by atoms with E-state index < -0.39 is 24.4 Å². The van der Waals surface area contributed by atoms with E-state index in [2.05, 4.69) is 25.7 Å². The lowest BCUT2D eigenvalue weighted by molar-refractivity contribution is -0.276. The highest BCUT2D eigenvalue weighted by atomic mass is 79.9. The second kappa shape index (κ2) is 5.13. The predicted octanol–water partition coefficient (Wildman–Crippen LogP) is 3.14. The van der Waals surface area contributed by atoms with Crippen LogP contribution in [0.15, 0.2) is 10.5 Å². The fraction of sp³-hybridized carbons (Fsp3) is 0.375. The van der Waals surface area contributed by atoms with E-state index in [1.54, 1.807) is 0 Å². The molecule has 0 atom stereocenters. The zero-order valence-electron chi connectivity index (χ0n) is 8.06. The van der Waals surface area contributed by atoms with E-state index in [1.165, 1.54) is 0 Å². The summed E-state index contributed by atoms with van der Waals surface area (Å²) in [6.07, 6.45) is -8.02. The van der Waals surface area contributed by atoms with E-state index in [-0.39, 0.29) is 16.6 Å². The van der Waals surface area contributed by atoms with Crippen molar-refractivity contribution in [2.75, 3.05) is 0 Å². The Kier molecular flexibility index (Phi) is 4.26. The first kappa shape index (κ1) is 14.1. The summed E-state index contributed by atoms with van der Waals surface area (Å²) in [7, 11) is 0. The van der Waals surface area contributed by atoms with Gasteiger partial charge in [0, 0.05) is 6.54 Å². The summed E-state index contributed by atoms with van der Waals surface area (Å²) < 4.78 is 64.0. The molecule has 1 heterocycles. The molecule has 0 fully saturated rings. The van der Waals surface area contributed by atoms with Gasteiger partial charge in [0.15, 0.2) is 0 Å². The van der Waals surface area contributed by atoms with Crippen LogP contribution in [0.5, 0.6) is 5.88 Å². The molecule has 0 aromatic carbocycles. The minimum absolute atomic E-state index is 0.0505. The smallest absolute Gasteiger partial charge is 0.387 e. The van der Waals surface area contributed by atoms with E-state index in [1.807, 2.05) is 0 Å². The van der Waals surface area contributed by atoms with Crippen molar-refractivity contribution < 1.29 is 26.7 Å². The number of nitrogens with zero attached hydrogens (tertiary/aromatic N) is 1. The summed E-state index contributed by atoms with van der Waals surface area (Å²) in [5.74, 6) is -0.976. The third-order valence-electron chi connectivity index (χ3n) is 1.68. The molecule has 0 aliphatic heterocycles. The third-order valence-corrected chi connectivity index (χ3v) is 2.53. The second-order valence-corrected chi connectivity index (χ2v) is 3.67. The number of ether oxygens (including phenoxy) is 1. The fourth-order valence-electron chi connectivity index (χ4n) is 1.02. The topological polar surface area (TPSA) is 48.1 Å². The molecule has 0 radical (unpaired) electrons. The molecular formula is C8H6BrF5N2O. The van der Waals surface area contributed by atoms with Gasteiger partial charge in [-0.2, -0.15) is 0 Å². The number of nitrogens with two attached hydrogens (primary N) is 1. The number of hydrogen-bond acceptors (Lipinski definition) is 3. The summed E-state index contributed by atoms with van der Waals surface area (Å²) in [5, 5.41) is 0. The van der Waals surface area contributed by atoms with E-state index in [9.17, 15) is 22.0 Å². The highest BCUT2D eigenvalue weighted by Gasteiger charge is 2.33. The largest absolute Gasteiger partial charge is 0.574 e. The van der Waals surface area contributed by atoms with Crippen LogP contribution in [-0.4, -0.2) is 11.3 Å². The minimum Gasteiger partial charge on any atom is -0.387 e. The van der Waals surface area contributed by atoms with Crippen LogP contribution in [0.1, 0.15) is 17.7 Å². The first-order chi connectivity index (χ1) is 7.74. The maximum atomic E-state index is 12.4. The number of rotatable bonds is 3. The molecule has 1 aromatic rings. The van der Waals surface area contributed by atoms with Crippen LogP contribution in [-0.2, 0) is 6.54 Å². The van der Waals surface area contributed by atoms with Gasteiger partial charge >= 0.3 is 6.36 Å². The molecule has 0 saturated heterocycles. The number of aromatic nitrogens is 1. The molecule has 0 unspecified atom stereocenters. The summed E-state index contributed by atoms with van der Waals surface area (Å²) in [6, 6.07) is 0.915. The second-order valence-electron chi connectivity index (χ2n) is 2.88. The summed E-state index contributed by atoms with van der Waals surface area (Å²) in [4.78, 5) is 3.07. The van der Waals surface area contributed by atoms with E-state index in [0.29, 0.717) is 0 Å². The number of hydrogen-bond donors (Lipinski definition) is 1. The van der Waals surface area contributed by atoms with Crippen LogP contribution in [0.4, 0.5) is 22.0 Å². The van der Waals surface area contributed by atoms with Crippen LogP contribution < -0.4 is 10.5 Å². The molecule has 0 saturated carbocycles. The molecule has 0 aliphatic carbocycles. The van der Waals surface area contributed by atoms with E-state index >= 15 is 0 Å². The van der Waals surface area contributed by atoms with Crippen molar-refractivity contribution in [1.29, 1.82) is 0 Å². The monoisotopic (exact) mass is 320 g/mol. The van der Waals surface area contributed by atoms with Crippen molar-refractivity contribution in [2.45, 2.75) is 19.3 Å². The molecule has 17 heavy (non-hydrogen) atoms. The standard InChI is InChI=1S/C8H6BrF5N2O/c9-5-3(2-15)1-4(6(10)11)16-7(5)17-8(12,13)14/h1,6H,2,15H2. The van der Waals surface area contributed by atoms with Crippen LogP contribution >= 0.6 is 15.9 Å². The molecule has 0 bridgehead atoms. The molecular weight excluding hydrogens is 315 g/mol. The van der Waals surface area contributed by atoms with Crippen molar-refractivity contribution in [3.05, 3.63) is 21.8 Å². The van der Waals surface area contributed by atoms with Gasteiger partial charge in [0.1, 0.15) is 5.69 Å². The Balaban J connectivity index is 3.23. The highest BCUT2D eigenvalue weighted by molar-refractivity contribution is 9.10. The van der Waals surface area contributed by atoms with Crippen LogP contribution in [0.25, 0.3) is 0 Å². The molecule has 2 N–H and O–H groups in total. The van der Waals surface area contributed by atoms with Gasteiger partial charge in [-0.25, -0.2) is 13.8 Å². The molecule has 96 valence electrons. The van der Waals surface area contributed by atoms with Crippen molar-refractivity contribution in [3.63, 3.8) is 0 Å². The molecule has 0 amide bonds. The zero-order chi connectivity index (χ0) is 13.2.